The van der Waals surface area contributed by atoms with Crippen molar-refractivity contribution < 1.29 is 4.74 Å². The molecule has 0 aliphatic heterocycles. The maximum absolute atomic E-state index is 5.73. The molecule has 1 nitrogen and oxygen atoms in total. The zero-order valence-corrected chi connectivity index (χ0v) is 9.64. The minimum absolute atomic E-state index is 0.529. The Morgan fingerprint density at radius 3 is 2.25 bits per heavy atom. The number of hydrogen-bond donors (Lipinski definition) is 0. The Kier molecular flexibility index (Phi) is 4.59. The maximum Gasteiger partial charge on any atom is 0.0580 e. The van der Waals surface area contributed by atoms with Gasteiger partial charge in [-0.05, 0) is 31.1 Å². The molecule has 1 aliphatic carbocycles. The van der Waals surface area contributed by atoms with Gasteiger partial charge in [-0.25, -0.2) is 0 Å². The monoisotopic (exact) mass is 234 g/mol. The second-order valence-corrected chi connectivity index (χ2v) is 4.89. The van der Waals surface area contributed by atoms with Crippen LogP contribution in [0, 0.1) is 11.8 Å². The van der Waals surface area contributed by atoms with Gasteiger partial charge in [0.2, 0.25) is 0 Å². The highest BCUT2D eigenvalue weighted by Gasteiger charge is 2.23. The summed E-state index contributed by atoms with van der Waals surface area (Å²) in [5.41, 5.74) is 0. The molecule has 0 saturated heterocycles. The van der Waals surface area contributed by atoms with E-state index in [4.69, 9.17) is 4.74 Å². The third-order valence-electron chi connectivity index (χ3n) is 2.57. The fraction of sp³-hybridized carbons (Fsp3) is 1.00. The first kappa shape index (κ1) is 10.5. The zero-order chi connectivity index (χ0) is 8.97. The minimum atomic E-state index is 0.529. The van der Waals surface area contributed by atoms with E-state index in [1.165, 1.54) is 19.3 Å². The lowest BCUT2D eigenvalue weighted by atomic mass is 9.82. The zero-order valence-electron chi connectivity index (χ0n) is 8.05. The van der Waals surface area contributed by atoms with Crippen LogP contribution in [0.4, 0.5) is 0 Å². The maximum atomic E-state index is 5.73. The Morgan fingerprint density at radius 2 is 1.75 bits per heavy atom. The summed E-state index contributed by atoms with van der Waals surface area (Å²) in [5, 5.41) is 0.965. The van der Waals surface area contributed by atoms with Crippen molar-refractivity contribution in [3.63, 3.8) is 0 Å². The molecule has 0 N–H and O–H groups in total. The lowest BCUT2D eigenvalue weighted by Crippen LogP contribution is -2.26. The molecule has 12 heavy (non-hydrogen) atoms. The van der Waals surface area contributed by atoms with Gasteiger partial charge in [0.25, 0.3) is 0 Å². The van der Waals surface area contributed by atoms with Gasteiger partial charge in [-0.1, -0.05) is 29.8 Å². The Balaban J connectivity index is 2.24. The molecule has 0 amide bonds. The molecule has 0 aromatic rings. The average molecular weight is 235 g/mol. The molecule has 0 radical (unpaired) electrons. The molecule has 0 bridgehead atoms. The van der Waals surface area contributed by atoms with Crippen molar-refractivity contribution in [1.82, 2.24) is 0 Å². The normalized spacial score (nSPS) is 36.8. The van der Waals surface area contributed by atoms with Crippen LogP contribution in [0.15, 0.2) is 0 Å². The van der Waals surface area contributed by atoms with Crippen molar-refractivity contribution >= 4 is 15.9 Å². The SMILES string of the molecule is CC1CC(C)CC(OCCBr)C1. The van der Waals surface area contributed by atoms with E-state index in [1.54, 1.807) is 0 Å². The smallest absolute Gasteiger partial charge is 0.0580 e. The number of alkyl halides is 1. The van der Waals surface area contributed by atoms with Crippen LogP contribution in [0.25, 0.3) is 0 Å². The topological polar surface area (TPSA) is 9.23 Å². The van der Waals surface area contributed by atoms with Gasteiger partial charge in [0.05, 0.1) is 12.7 Å². The Hall–Kier alpha value is 0.440. The van der Waals surface area contributed by atoms with Crippen LogP contribution in [-0.4, -0.2) is 18.0 Å². The van der Waals surface area contributed by atoms with Crippen molar-refractivity contribution in [2.24, 2.45) is 11.8 Å². The fourth-order valence-corrected chi connectivity index (χ4v) is 2.41. The van der Waals surface area contributed by atoms with E-state index in [-0.39, 0.29) is 0 Å². The van der Waals surface area contributed by atoms with Crippen LogP contribution >= 0.6 is 15.9 Å². The van der Waals surface area contributed by atoms with E-state index < -0.39 is 0 Å². The molecule has 1 rings (SSSR count). The van der Waals surface area contributed by atoms with Gasteiger partial charge in [0.15, 0.2) is 0 Å². The fourth-order valence-electron chi connectivity index (χ4n) is 2.22. The summed E-state index contributed by atoms with van der Waals surface area (Å²) >= 11 is 3.38. The molecule has 2 atom stereocenters. The Labute approximate surface area is 84.0 Å². The molecule has 0 aromatic heterocycles. The minimum Gasteiger partial charge on any atom is -0.377 e. The van der Waals surface area contributed by atoms with Crippen LogP contribution in [0.3, 0.4) is 0 Å². The average Bonchev–Trinajstić information content (AvgIpc) is 1.99. The molecule has 2 unspecified atom stereocenters. The van der Waals surface area contributed by atoms with Crippen LogP contribution in [0.5, 0.6) is 0 Å². The summed E-state index contributed by atoms with van der Waals surface area (Å²) in [5.74, 6) is 1.71. The highest BCUT2D eigenvalue weighted by molar-refractivity contribution is 9.09. The van der Waals surface area contributed by atoms with E-state index in [0.717, 1.165) is 23.8 Å². The van der Waals surface area contributed by atoms with Crippen molar-refractivity contribution in [2.45, 2.75) is 39.2 Å². The third kappa shape index (κ3) is 3.44. The lowest BCUT2D eigenvalue weighted by Gasteiger charge is -2.31. The molecule has 0 spiro atoms. The highest BCUT2D eigenvalue weighted by Crippen LogP contribution is 2.30. The summed E-state index contributed by atoms with van der Waals surface area (Å²) in [6.07, 6.45) is 4.43. The van der Waals surface area contributed by atoms with Gasteiger partial charge >= 0.3 is 0 Å². The van der Waals surface area contributed by atoms with Crippen LogP contribution in [0.1, 0.15) is 33.1 Å². The second kappa shape index (κ2) is 5.23. The van der Waals surface area contributed by atoms with Crippen molar-refractivity contribution in [1.29, 1.82) is 0 Å². The molecular formula is C10H19BrO. The number of rotatable bonds is 3. The van der Waals surface area contributed by atoms with Gasteiger partial charge in [-0.3, -0.25) is 0 Å². The molecule has 2 heteroatoms. The van der Waals surface area contributed by atoms with Gasteiger partial charge in [-0.2, -0.15) is 0 Å². The quantitative estimate of drug-likeness (QED) is 0.682. The number of halogens is 1. The van der Waals surface area contributed by atoms with E-state index in [9.17, 15) is 0 Å². The summed E-state index contributed by atoms with van der Waals surface area (Å²) in [6, 6.07) is 0. The van der Waals surface area contributed by atoms with E-state index in [1.807, 2.05) is 0 Å². The molecule has 1 aliphatic rings. The second-order valence-electron chi connectivity index (χ2n) is 4.10. The number of hydrogen-bond acceptors (Lipinski definition) is 1. The van der Waals surface area contributed by atoms with Crippen LogP contribution < -0.4 is 0 Å². The summed E-state index contributed by atoms with van der Waals surface area (Å²) < 4.78 is 5.73. The highest BCUT2D eigenvalue weighted by atomic mass is 79.9. The van der Waals surface area contributed by atoms with Crippen LogP contribution in [0.2, 0.25) is 0 Å². The predicted octanol–water partition coefficient (Wildman–Crippen LogP) is 3.22. The van der Waals surface area contributed by atoms with E-state index in [0.29, 0.717) is 6.10 Å². The lowest BCUT2D eigenvalue weighted by molar-refractivity contribution is 0.00951. The van der Waals surface area contributed by atoms with Gasteiger partial charge in [-0.15, -0.1) is 0 Å². The molecule has 1 fully saturated rings. The predicted molar refractivity (Wildman–Crippen MR) is 55.7 cm³/mol. The Bertz CT molecular complexity index is 117. The molecule has 0 heterocycles. The molecule has 0 aromatic carbocycles. The van der Waals surface area contributed by atoms with Gasteiger partial charge < -0.3 is 4.74 Å². The standard InChI is InChI=1S/C10H19BrO/c1-8-5-9(2)7-10(6-8)12-4-3-11/h8-10H,3-7H2,1-2H3. The first-order valence-electron chi connectivity index (χ1n) is 4.90. The largest absolute Gasteiger partial charge is 0.377 e. The third-order valence-corrected chi connectivity index (χ3v) is 2.89. The number of ether oxygens (including phenoxy) is 1. The van der Waals surface area contributed by atoms with E-state index in [2.05, 4.69) is 29.8 Å². The Morgan fingerprint density at radius 1 is 1.17 bits per heavy atom. The first-order valence-corrected chi connectivity index (χ1v) is 6.02. The van der Waals surface area contributed by atoms with Crippen LogP contribution in [-0.2, 0) is 4.74 Å². The molecule has 72 valence electrons. The summed E-state index contributed by atoms with van der Waals surface area (Å²) in [4.78, 5) is 0. The van der Waals surface area contributed by atoms with Gasteiger partial charge in [0.1, 0.15) is 0 Å². The first-order chi connectivity index (χ1) is 5.72. The summed E-state index contributed by atoms with van der Waals surface area (Å²) in [6.45, 7) is 5.53. The van der Waals surface area contributed by atoms with Crippen molar-refractivity contribution in [2.75, 3.05) is 11.9 Å². The molecular weight excluding hydrogens is 216 g/mol. The molecule has 1 saturated carbocycles. The van der Waals surface area contributed by atoms with Crippen molar-refractivity contribution in [3.8, 4) is 0 Å². The summed E-state index contributed by atoms with van der Waals surface area (Å²) in [7, 11) is 0. The van der Waals surface area contributed by atoms with Gasteiger partial charge in [0, 0.05) is 5.33 Å². The van der Waals surface area contributed by atoms with E-state index >= 15 is 0 Å². The van der Waals surface area contributed by atoms with Crippen molar-refractivity contribution in [3.05, 3.63) is 0 Å².